The topological polar surface area (TPSA) is 42.5 Å². The Bertz CT molecular complexity index is 665. The van der Waals surface area contributed by atoms with Gasteiger partial charge in [-0.1, -0.05) is 30.3 Å². The summed E-state index contributed by atoms with van der Waals surface area (Å²) in [6, 6.07) is 10.0. The predicted octanol–water partition coefficient (Wildman–Crippen LogP) is 1.52. The summed E-state index contributed by atoms with van der Waals surface area (Å²) >= 11 is 0. The van der Waals surface area contributed by atoms with E-state index in [0.29, 0.717) is 0 Å². The molecule has 0 N–H and O–H groups in total. The van der Waals surface area contributed by atoms with E-state index in [0.717, 1.165) is 22.4 Å². The van der Waals surface area contributed by atoms with E-state index in [4.69, 9.17) is 0 Å². The van der Waals surface area contributed by atoms with Gasteiger partial charge in [-0.05, 0) is 0 Å². The summed E-state index contributed by atoms with van der Waals surface area (Å²) in [7, 11) is 1.92. The maximum atomic E-state index is 4.44. The van der Waals surface area contributed by atoms with Crippen molar-refractivity contribution < 1.29 is 4.57 Å². The second-order valence-electron chi connectivity index (χ2n) is 3.80. The van der Waals surface area contributed by atoms with Crippen molar-refractivity contribution in [3.8, 4) is 11.3 Å². The van der Waals surface area contributed by atoms with Crippen molar-refractivity contribution in [2.75, 3.05) is 0 Å². The lowest BCUT2D eigenvalue weighted by molar-refractivity contribution is -0.649. The summed E-state index contributed by atoms with van der Waals surface area (Å²) in [5.41, 5.74) is 3.58. The smallest absolute Gasteiger partial charge is 0.243 e. The molecule has 0 saturated carbocycles. The third-order valence-corrected chi connectivity index (χ3v) is 2.64. The lowest BCUT2D eigenvalue weighted by atomic mass is 10.1. The van der Waals surface area contributed by atoms with Crippen LogP contribution in [0.1, 0.15) is 0 Å². The van der Waals surface area contributed by atoms with Gasteiger partial charge in [-0.25, -0.2) is 9.55 Å². The van der Waals surface area contributed by atoms with E-state index in [9.17, 15) is 0 Å². The first-order valence-electron chi connectivity index (χ1n) is 5.37. The minimum Gasteiger partial charge on any atom is -0.243 e. The fourth-order valence-electron chi connectivity index (χ4n) is 1.82. The van der Waals surface area contributed by atoms with Crippen LogP contribution in [0.2, 0.25) is 0 Å². The molecule has 2 heterocycles. The van der Waals surface area contributed by atoms with Gasteiger partial charge >= 0.3 is 0 Å². The van der Waals surface area contributed by atoms with Gasteiger partial charge in [-0.15, -0.1) is 9.97 Å². The van der Waals surface area contributed by atoms with E-state index in [1.54, 1.807) is 18.7 Å². The number of aromatic nitrogens is 4. The summed E-state index contributed by atoms with van der Waals surface area (Å²) in [5, 5.41) is 0. The Kier molecular flexibility index (Phi) is 2.26. The van der Waals surface area contributed by atoms with Crippen LogP contribution in [0.4, 0.5) is 0 Å². The van der Waals surface area contributed by atoms with E-state index in [2.05, 4.69) is 15.0 Å². The molecule has 17 heavy (non-hydrogen) atoms. The van der Waals surface area contributed by atoms with Gasteiger partial charge in [-0.2, -0.15) is 0 Å². The molecule has 0 aliphatic carbocycles. The second-order valence-corrected chi connectivity index (χ2v) is 3.80. The van der Waals surface area contributed by atoms with E-state index in [1.807, 2.05) is 41.9 Å². The maximum Gasteiger partial charge on any atom is 0.291 e. The Balaban J connectivity index is 2.35. The first-order valence-corrected chi connectivity index (χ1v) is 5.37. The second kappa shape index (κ2) is 3.90. The van der Waals surface area contributed by atoms with Gasteiger partial charge in [0.1, 0.15) is 6.20 Å². The number of hydrogen-bond acceptors (Lipinski definition) is 3. The highest BCUT2D eigenvalue weighted by Crippen LogP contribution is 2.20. The third-order valence-electron chi connectivity index (χ3n) is 2.64. The van der Waals surface area contributed by atoms with Crippen molar-refractivity contribution in [3.05, 3.63) is 49.1 Å². The zero-order valence-corrected chi connectivity index (χ0v) is 9.41. The summed E-state index contributed by atoms with van der Waals surface area (Å²) in [5.74, 6) is 0. The predicted molar refractivity (Wildman–Crippen MR) is 63.9 cm³/mol. The van der Waals surface area contributed by atoms with Crippen molar-refractivity contribution in [3.63, 3.8) is 0 Å². The van der Waals surface area contributed by atoms with Crippen LogP contribution in [0.25, 0.3) is 22.4 Å². The van der Waals surface area contributed by atoms with Gasteiger partial charge in [0, 0.05) is 5.56 Å². The summed E-state index contributed by atoms with van der Waals surface area (Å²) in [6.45, 7) is 0. The van der Waals surface area contributed by atoms with Crippen molar-refractivity contribution in [1.82, 2.24) is 15.0 Å². The van der Waals surface area contributed by atoms with Gasteiger partial charge in [0.25, 0.3) is 5.65 Å². The van der Waals surface area contributed by atoms with Gasteiger partial charge in [-0.3, -0.25) is 0 Å². The molecule has 82 valence electrons. The molecular weight excluding hydrogens is 212 g/mol. The molecule has 0 spiro atoms. The zero-order valence-electron chi connectivity index (χ0n) is 9.41. The van der Waals surface area contributed by atoms with E-state index >= 15 is 0 Å². The molecular formula is C13H11N4+. The van der Waals surface area contributed by atoms with Crippen molar-refractivity contribution in [2.24, 2.45) is 7.05 Å². The van der Waals surface area contributed by atoms with Gasteiger partial charge in [0.2, 0.25) is 6.33 Å². The highest BCUT2D eigenvalue weighted by molar-refractivity contribution is 5.84. The number of benzene rings is 1. The fourth-order valence-corrected chi connectivity index (χ4v) is 1.82. The van der Waals surface area contributed by atoms with Gasteiger partial charge in [0.15, 0.2) is 11.2 Å². The lowest BCUT2D eigenvalue weighted by Crippen LogP contribution is -2.30. The molecule has 4 nitrogen and oxygen atoms in total. The fraction of sp³-hybridized carbons (Fsp3) is 0.0769. The maximum absolute atomic E-state index is 4.44. The number of rotatable bonds is 1. The summed E-state index contributed by atoms with van der Waals surface area (Å²) < 4.78 is 1.87. The van der Waals surface area contributed by atoms with Crippen molar-refractivity contribution >= 4 is 11.2 Å². The molecule has 0 bridgehead atoms. The molecule has 3 rings (SSSR count). The normalized spacial score (nSPS) is 10.6. The Morgan fingerprint density at radius 2 is 1.71 bits per heavy atom. The molecule has 4 heteroatoms. The molecule has 0 saturated heterocycles. The van der Waals surface area contributed by atoms with Gasteiger partial charge < -0.3 is 0 Å². The molecule has 0 aliphatic heterocycles. The van der Waals surface area contributed by atoms with E-state index < -0.39 is 0 Å². The van der Waals surface area contributed by atoms with Crippen LogP contribution < -0.4 is 4.57 Å². The van der Waals surface area contributed by atoms with Crippen LogP contribution in [0.5, 0.6) is 0 Å². The van der Waals surface area contributed by atoms with Crippen LogP contribution in [0.3, 0.4) is 0 Å². The molecule has 0 unspecified atom stereocenters. The lowest BCUT2D eigenvalue weighted by Gasteiger charge is -2.00. The third kappa shape index (κ3) is 1.63. The van der Waals surface area contributed by atoms with Crippen molar-refractivity contribution in [1.29, 1.82) is 0 Å². The van der Waals surface area contributed by atoms with Gasteiger partial charge in [0.05, 0.1) is 13.2 Å². The van der Waals surface area contributed by atoms with Crippen LogP contribution in [-0.4, -0.2) is 15.0 Å². The molecule has 0 aliphatic rings. The average Bonchev–Trinajstić information content (AvgIpc) is 2.41. The highest BCUT2D eigenvalue weighted by atomic mass is 15.1. The van der Waals surface area contributed by atoms with E-state index in [1.165, 1.54) is 0 Å². The quantitative estimate of drug-likeness (QED) is 0.587. The van der Waals surface area contributed by atoms with Crippen LogP contribution >= 0.6 is 0 Å². The number of nitrogens with zero attached hydrogens (tertiary/aromatic N) is 4. The standard InChI is InChI=1S/C13H11N4/c1-17-9-16-11(10-5-3-2-4-6-10)12-13(17)15-8-7-14-12/h2-9H,1H3/q+1. The Hall–Kier alpha value is -2.36. The molecule has 0 amide bonds. The molecule has 0 radical (unpaired) electrons. The Morgan fingerprint density at radius 1 is 0.941 bits per heavy atom. The number of fused-ring (bicyclic) bond motifs is 1. The van der Waals surface area contributed by atoms with E-state index in [-0.39, 0.29) is 0 Å². The first kappa shape index (κ1) is 9.84. The monoisotopic (exact) mass is 223 g/mol. The minimum absolute atomic E-state index is 0.823. The highest BCUT2D eigenvalue weighted by Gasteiger charge is 2.14. The zero-order chi connectivity index (χ0) is 11.7. The van der Waals surface area contributed by atoms with Crippen LogP contribution in [0.15, 0.2) is 49.1 Å². The Labute approximate surface area is 98.6 Å². The summed E-state index contributed by atoms with van der Waals surface area (Å²) in [4.78, 5) is 13.1. The molecule has 0 atom stereocenters. The number of hydrogen-bond donors (Lipinski definition) is 0. The molecule has 2 aromatic heterocycles. The number of aryl methyl sites for hydroxylation is 1. The SMILES string of the molecule is C[n+]1cnc(-c2ccccc2)c2nccnc21. The largest absolute Gasteiger partial charge is 0.291 e. The van der Waals surface area contributed by atoms with Crippen molar-refractivity contribution in [2.45, 2.75) is 0 Å². The summed E-state index contributed by atoms with van der Waals surface area (Å²) in [6.07, 6.45) is 5.15. The molecule has 1 aromatic carbocycles. The minimum atomic E-state index is 0.823. The Morgan fingerprint density at radius 3 is 2.53 bits per heavy atom. The molecule has 0 fully saturated rings. The molecule has 3 aromatic rings. The average molecular weight is 223 g/mol. The van der Waals surface area contributed by atoms with Crippen LogP contribution in [0, 0.1) is 0 Å². The van der Waals surface area contributed by atoms with Crippen LogP contribution in [-0.2, 0) is 7.05 Å². The first-order chi connectivity index (χ1) is 8.36.